The average Bonchev–Trinajstić information content (AvgIpc) is 2.37. The van der Waals surface area contributed by atoms with E-state index in [1.54, 1.807) is 6.07 Å². The molecule has 0 spiro atoms. The van der Waals surface area contributed by atoms with Crippen LogP contribution in [0.2, 0.25) is 0 Å². The fourth-order valence-corrected chi connectivity index (χ4v) is 3.52. The van der Waals surface area contributed by atoms with Gasteiger partial charge < -0.3 is 4.98 Å². The first-order valence-electron chi connectivity index (χ1n) is 6.87. The first-order valence-corrected chi connectivity index (χ1v) is 7.92. The Morgan fingerprint density at radius 2 is 2.11 bits per heavy atom. The summed E-state index contributed by atoms with van der Waals surface area (Å²) in [5.41, 5.74) is 0.880. The monoisotopic (exact) mass is 266 g/mol. The Balaban J connectivity index is 1.97. The van der Waals surface area contributed by atoms with Gasteiger partial charge in [-0.15, -0.1) is 0 Å². The Labute approximate surface area is 113 Å². The predicted molar refractivity (Wildman–Crippen MR) is 77.1 cm³/mol. The van der Waals surface area contributed by atoms with Gasteiger partial charge in [0.25, 0.3) is 5.56 Å². The largest absolute Gasteiger partial charge is 0.310 e. The van der Waals surface area contributed by atoms with Crippen LogP contribution in [0.5, 0.6) is 0 Å². The number of aromatic amines is 1. The molecule has 1 aromatic heterocycles. The topological polar surface area (TPSA) is 45.8 Å². The lowest BCUT2D eigenvalue weighted by atomic mass is 10.0. The van der Waals surface area contributed by atoms with E-state index < -0.39 is 0 Å². The summed E-state index contributed by atoms with van der Waals surface area (Å²) in [6.45, 7) is 4.14. The maximum atomic E-state index is 11.6. The third-order valence-corrected chi connectivity index (χ3v) is 4.79. The number of hydrogen-bond donors (Lipinski definition) is 1. The molecule has 0 amide bonds. The van der Waals surface area contributed by atoms with Crippen molar-refractivity contribution in [3.8, 4) is 0 Å². The molecule has 1 fully saturated rings. The van der Waals surface area contributed by atoms with Gasteiger partial charge in [0.2, 0.25) is 0 Å². The third-order valence-electron chi connectivity index (χ3n) is 3.41. The Hall–Kier alpha value is -0.770. The van der Waals surface area contributed by atoms with Crippen molar-refractivity contribution in [3.63, 3.8) is 0 Å². The van der Waals surface area contributed by atoms with E-state index in [2.05, 4.69) is 23.8 Å². The van der Waals surface area contributed by atoms with Gasteiger partial charge in [-0.05, 0) is 18.8 Å². The van der Waals surface area contributed by atoms with E-state index in [4.69, 9.17) is 0 Å². The molecule has 2 rings (SSSR count). The number of H-pyrrole nitrogens is 1. The van der Waals surface area contributed by atoms with Crippen LogP contribution in [0.4, 0.5) is 0 Å². The molecule has 1 N–H and O–H groups in total. The zero-order valence-electron chi connectivity index (χ0n) is 11.2. The lowest BCUT2D eigenvalue weighted by Gasteiger charge is -2.20. The van der Waals surface area contributed by atoms with Gasteiger partial charge in [0, 0.05) is 11.3 Å². The summed E-state index contributed by atoms with van der Waals surface area (Å²) < 4.78 is 0. The predicted octanol–water partition coefficient (Wildman–Crippen LogP) is 3.46. The van der Waals surface area contributed by atoms with Crippen molar-refractivity contribution >= 4 is 11.8 Å². The summed E-state index contributed by atoms with van der Waals surface area (Å²) in [5, 5.41) is 0.756. The summed E-state index contributed by atoms with van der Waals surface area (Å²) in [6.07, 6.45) is 6.73. The second kappa shape index (κ2) is 6.41. The normalized spacial score (nSPS) is 17.3. The van der Waals surface area contributed by atoms with E-state index in [1.165, 1.54) is 32.1 Å². The molecule has 1 aliphatic carbocycles. The molecule has 18 heavy (non-hydrogen) atoms. The molecular weight excluding hydrogens is 244 g/mol. The number of thioether (sulfide) groups is 1. The minimum atomic E-state index is -0.0204. The number of rotatable bonds is 4. The van der Waals surface area contributed by atoms with Gasteiger partial charge in [-0.1, -0.05) is 33.1 Å². The highest BCUT2D eigenvalue weighted by atomic mass is 32.2. The van der Waals surface area contributed by atoms with Crippen LogP contribution in [0.25, 0.3) is 0 Å². The first kappa shape index (κ1) is 13.7. The van der Waals surface area contributed by atoms with Crippen LogP contribution in [0.3, 0.4) is 0 Å². The smallest absolute Gasteiger partial charge is 0.251 e. The molecule has 0 unspecified atom stereocenters. The molecular formula is C14H22N2OS. The molecule has 0 aliphatic heterocycles. The molecule has 3 nitrogen and oxygen atoms in total. The Morgan fingerprint density at radius 3 is 2.78 bits per heavy atom. The molecule has 1 heterocycles. The van der Waals surface area contributed by atoms with Gasteiger partial charge in [-0.3, -0.25) is 4.79 Å². The van der Waals surface area contributed by atoms with Crippen molar-refractivity contribution in [2.24, 2.45) is 0 Å². The van der Waals surface area contributed by atoms with E-state index in [0.29, 0.717) is 5.92 Å². The van der Waals surface area contributed by atoms with Crippen molar-refractivity contribution in [2.75, 3.05) is 0 Å². The molecule has 100 valence electrons. The van der Waals surface area contributed by atoms with Crippen LogP contribution in [0.15, 0.2) is 10.9 Å². The maximum Gasteiger partial charge on any atom is 0.251 e. The first-order chi connectivity index (χ1) is 8.65. The van der Waals surface area contributed by atoms with Crippen LogP contribution >= 0.6 is 11.8 Å². The van der Waals surface area contributed by atoms with Crippen molar-refractivity contribution in [1.29, 1.82) is 0 Å². The van der Waals surface area contributed by atoms with Crippen LogP contribution in [0, 0.1) is 0 Å². The molecule has 0 atom stereocenters. The van der Waals surface area contributed by atoms with Crippen molar-refractivity contribution in [3.05, 3.63) is 27.9 Å². The molecule has 1 saturated carbocycles. The highest BCUT2D eigenvalue weighted by molar-refractivity contribution is 7.99. The second-order valence-electron chi connectivity index (χ2n) is 5.34. The Kier molecular flexibility index (Phi) is 4.87. The standard InChI is InChI=1S/C14H22N2OS/c1-10(2)12-8-14(17)16-13(15-12)9-18-11-6-4-3-5-7-11/h8,10-11H,3-7,9H2,1-2H3,(H,15,16,17). The number of hydrogen-bond acceptors (Lipinski definition) is 3. The van der Waals surface area contributed by atoms with Crippen molar-refractivity contribution < 1.29 is 0 Å². The third kappa shape index (κ3) is 3.87. The Bertz CT molecular complexity index is 436. The van der Waals surface area contributed by atoms with Gasteiger partial charge in [-0.25, -0.2) is 4.98 Å². The number of nitrogens with one attached hydrogen (secondary N) is 1. The summed E-state index contributed by atoms with van der Waals surface area (Å²) in [6, 6.07) is 1.61. The summed E-state index contributed by atoms with van der Waals surface area (Å²) in [4.78, 5) is 19.0. The lowest BCUT2D eigenvalue weighted by Crippen LogP contribution is -2.14. The quantitative estimate of drug-likeness (QED) is 0.907. The van der Waals surface area contributed by atoms with Crippen LogP contribution < -0.4 is 5.56 Å². The molecule has 0 saturated heterocycles. The van der Waals surface area contributed by atoms with Crippen LogP contribution in [-0.2, 0) is 5.75 Å². The van der Waals surface area contributed by atoms with Gasteiger partial charge in [0.05, 0.1) is 11.4 Å². The fourth-order valence-electron chi connectivity index (χ4n) is 2.32. The average molecular weight is 266 g/mol. The van der Waals surface area contributed by atoms with E-state index in [1.807, 2.05) is 11.8 Å². The van der Waals surface area contributed by atoms with Crippen LogP contribution in [-0.4, -0.2) is 15.2 Å². The fraction of sp³-hybridized carbons (Fsp3) is 0.714. The van der Waals surface area contributed by atoms with Gasteiger partial charge in [0.1, 0.15) is 5.82 Å². The highest BCUT2D eigenvalue weighted by Gasteiger charge is 2.14. The lowest BCUT2D eigenvalue weighted by molar-refractivity contribution is 0.516. The summed E-state index contributed by atoms with van der Waals surface area (Å²) in [7, 11) is 0. The van der Waals surface area contributed by atoms with Gasteiger partial charge in [0.15, 0.2) is 0 Å². The van der Waals surface area contributed by atoms with Crippen LogP contribution in [0.1, 0.15) is 63.4 Å². The van der Waals surface area contributed by atoms with E-state index in [0.717, 1.165) is 22.5 Å². The van der Waals surface area contributed by atoms with E-state index >= 15 is 0 Å². The molecule has 0 aromatic carbocycles. The second-order valence-corrected chi connectivity index (χ2v) is 6.63. The van der Waals surface area contributed by atoms with Crippen molar-refractivity contribution in [2.45, 2.75) is 62.9 Å². The highest BCUT2D eigenvalue weighted by Crippen LogP contribution is 2.29. The molecule has 0 bridgehead atoms. The SMILES string of the molecule is CC(C)c1cc(=O)[nH]c(CSC2CCCCC2)n1. The van der Waals surface area contributed by atoms with E-state index in [9.17, 15) is 4.79 Å². The zero-order chi connectivity index (χ0) is 13.0. The van der Waals surface area contributed by atoms with Gasteiger partial charge >= 0.3 is 0 Å². The Morgan fingerprint density at radius 1 is 1.39 bits per heavy atom. The molecule has 0 radical (unpaired) electrons. The van der Waals surface area contributed by atoms with E-state index in [-0.39, 0.29) is 5.56 Å². The zero-order valence-corrected chi connectivity index (χ0v) is 12.1. The summed E-state index contributed by atoms with van der Waals surface area (Å²) >= 11 is 1.95. The number of aromatic nitrogens is 2. The number of nitrogens with zero attached hydrogens (tertiary/aromatic N) is 1. The molecule has 1 aromatic rings. The van der Waals surface area contributed by atoms with Gasteiger partial charge in [-0.2, -0.15) is 11.8 Å². The maximum absolute atomic E-state index is 11.6. The molecule has 1 aliphatic rings. The minimum absolute atomic E-state index is 0.0204. The minimum Gasteiger partial charge on any atom is -0.310 e. The molecule has 4 heteroatoms. The summed E-state index contributed by atoms with van der Waals surface area (Å²) in [5.74, 6) is 1.98. The van der Waals surface area contributed by atoms with Crippen molar-refractivity contribution in [1.82, 2.24) is 9.97 Å².